The monoisotopic (exact) mass is 195 g/mol. The molecule has 0 aliphatic rings. The lowest BCUT2D eigenvalue weighted by Gasteiger charge is -2.07. The summed E-state index contributed by atoms with van der Waals surface area (Å²) < 4.78 is 0. The Kier molecular flexibility index (Phi) is 5.21. The van der Waals surface area contributed by atoms with E-state index in [1.807, 2.05) is 13.8 Å². The highest BCUT2D eigenvalue weighted by atomic mass is 15.0. The van der Waals surface area contributed by atoms with Crippen LogP contribution in [0.25, 0.3) is 0 Å². The van der Waals surface area contributed by atoms with Gasteiger partial charge in [0.05, 0.1) is 5.56 Å². The zero-order valence-corrected chi connectivity index (χ0v) is 9.05. The molecule has 0 spiro atoms. The van der Waals surface area contributed by atoms with Crippen molar-refractivity contribution in [1.29, 1.82) is 5.41 Å². The van der Waals surface area contributed by atoms with Gasteiger partial charge in [-0.25, -0.2) is 9.97 Å². The molecule has 0 aliphatic heterocycles. The third-order valence-electron chi connectivity index (χ3n) is 1.49. The van der Waals surface area contributed by atoms with E-state index in [2.05, 4.69) is 15.3 Å². The number of nitrogens with two attached hydrogens (primary N) is 1. The van der Waals surface area contributed by atoms with E-state index in [-0.39, 0.29) is 0 Å². The molecule has 4 N–H and O–H groups in total. The van der Waals surface area contributed by atoms with Crippen LogP contribution in [0.4, 0.5) is 11.6 Å². The molecule has 0 fully saturated rings. The van der Waals surface area contributed by atoms with E-state index in [9.17, 15) is 0 Å². The van der Waals surface area contributed by atoms with E-state index < -0.39 is 0 Å². The number of anilines is 2. The predicted molar refractivity (Wildman–Crippen MR) is 59.8 cm³/mol. The minimum atomic E-state index is 0.335. The number of nitrogens with one attached hydrogen (secondary N) is 2. The minimum Gasteiger partial charge on any atom is -0.383 e. The summed E-state index contributed by atoms with van der Waals surface area (Å²) in [6.07, 6.45) is 1.37. The maximum Gasteiger partial charge on any atom is 0.140 e. The maximum absolute atomic E-state index is 7.42. The van der Waals surface area contributed by atoms with E-state index in [1.165, 1.54) is 6.33 Å². The van der Waals surface area contributed by atoms with Crippen molar-refractivity contribution in [1.82, 2.24) is 9.97 Å². The quantitative estimate of drug-likeness (QED) is 0.624. The van der Waals surface area contributed by atoms with Crippen LogP contribution in [0.1, 0.15) is 26.3 Å². The third-order valence-corrected chi connectivity index (χ3v) is 1.49. The molecule has 1 aromatic rings. The van der Waals surface area contributed by atoms with E-state index in [0.717, 1.165) is 0 Å². The molecule has 5 heteroatoms. The fourth-order valence-electron chi connectivity index (χ4n) is 0.958. The van der Waals surface area contributed by atoms with Crippen LogP contribution in [0.3, 0.4) is 0 Å². The number of hydrogen-bond donors (Lipinski definition) is 3. The first-order valence-corrected chi connectivity index (χ1v) is 4.50. The van der Waals surface area contributed by atoms with Crippen LogP contribution < -0.4 is 11.1 Å². The highest BCUT2D eigenvalue weighted by molar-refractivity contribution is 6.04. The van der Waals surface area contributed by atoms with Gasteiger partial charge in [-0.3, -0.25) is 0 Å². The number of aromatic nitrogens is 2. The molecule has 0 bridgehead atoms. The Labute approximate surface area is 84.3 Å². The summed E-state index contributed by atoms with van der Waals surface area (Å²) in [6, 6.07) is 0. The Hall–Kier alpha value is -1.65. The molecule has 1 heterocycles. The number of rotatable bonds is 2. The molecule has 1 rings (SSSR count). The molecule has 0 atom stereocenters. The van der Waals surface area contributed by atoms with Crippen LogP contribution in [0, 0.1) is 5.41 Å². The number of nitrogen functional groups attached to an aromatic ring is 1. The van der Waals surface area contributed by atoms with E-state index in [4.69, 9.17) is 11.1 Å². The van der Waals surface area contributed by atoms with Crippen LogP contribution in [0.2, 0.25) is 0 Å². The first-order chi connectivity index (χ1) is 6.66. The molecular weight excluding hydrogens is 178 g/mol. The summed E-state index contributed by atoms with van der Waals surface area (Å²) >= 11 is 0. The average molecular weight is 195 g/mol. The van der Waals surface area contributed by atoms with Gasteiger partial charge in [-0.2, -0.15) is 0 Å². The molecule has 0 amide bonds. The summed E-state index contributed by atoms with van der Waals surface area (Å²) in [5, 5.41) is 10.3. The Balaban J connectivity index is 0.000000791. The van der Waals surface area contributed by atoms with Crippen LogP contribution in [0.5, 0.6) is 0 Å². The minimum absolute atomic E-state index is 0.335. The Morgan fingerprint density at radius 3 is 2.36 bits per heavy atom. The fourth-order valence-corrected chi connectivity index (χ4v) is 0.958. The fraction of sp³-hybridized carbons (Fsp3) is 0.444. The number of nitrogens with zero attached hydrogens (tertiary/aromatic N) is 2. The topological polar surface area (TPSA) is 87.7 Å². The Morgan fingerprint density at radius 2 is 2.00 bits per heavy atom. The Morgan fingerprint density at radius 1 is 1.43 bits per heavy atom. The lowest BCUT2D eigenvalue weighted by Crippen LogP contribution is -2.08. The first kappa shape index (κ1) is 12.3. The summed E-state index contributed by atoms with van der Waals surface area (Å²) in [5.74, 6) is 0.928. The highest BCUT2D eigenvalue weighted by Crippen LogP contribution is 2.16. The largest absolute Gasteiger partial charge is 0.383 e. The van der Waals surface area contributed by atoms with Gasteiger partial charge in [-0.15, -0.1) is 0 Å². The summed E-state index contributed by atoms with van der Waals surface area (Å²) in [4.78, 5) is 7.73. The van der Waals surface area contributed by atoms with Gasteiger partial charge >= 0.3 is 0 Å². The summed E-state index contributed by atoms with van der Waals surface area (Å²) in [7, 11) is 1.73. The highest BCUT2D eigenvalue weighted by Gasteiger charge is 2.08. The molecule has 0 aliphatic carbocycles. The van der Waals surface area contributed by atoms with Gasteiger partial charge in [-0.1, -0.05) is 13.8 Å². The molecule has 14 heavy (non-hydrogen) atoms. The second-order valence-corrected chi connectivity index (χ2v) is 2.36. The third kappa shape index (κ3) is 2.69. The van der Waals surface area contributed by atoms with Crippen molar-refractivity contribution in [3.8, 4) is 0 Å². The van der Waals surface area contributed by atoms with E-state index in [1.54, 1.807) is 14.0 Å². The maximum atomic E-state index is 7.42. The van der Waals surface area contributed by atoms with Crippen LogP contribution in [-0.2, 0) is 0 Å². The molecule has 1 aromatic heterocycles. The number of hydrogen-bond acceptors (Lipinski definition) is 5. The van der Waals surface area contributed by atoms with Crippen molar-refractivity contribution in [3.05, 3.63) is 11.9 Å². The molecule has 0 unspecified atom stereocenters. The molecule has 0 saturated heterocycles. The van der Waals surface area contributed by atoms with Gasteiger partial charge in [0.2, 0.25) is 0 Å². The lowest BCUT2D eigenvalue weighted by molar-refractivity contribution is 1.15. The zero-order chi connectivity index (χ0) is 11.1. The van der Waals surface area contributed by atoms with Gasteiger partial charge in [0.15, 0.2) is 0 Å². The molecule has 78 valence electrons. The van der Waals surface area contributed by atoms with Gasteiger partial charge in [-0.05, 0) is 6.92 Å². The summed E-state index contributed by atoms with van der Waals surface area (Å²) in [5.41, 5.74) is 6.49. The van der Waals surface area contributed by atoms with Crippen molar-refractivity contribution < 1.29 is 0 Å². The molecular formula is C9H17N5. The predicted octanol–water partition coefficient (Wildman–Crippen LogP) is 1.51. The smallest absolute Gasteiger partial charge is 0.140 e. The van der Waals surface area contributed by atoms with Crippen molar-refractivity contribution in [2.75, 3.05) is 18.1 Å². The molecule has 0 aromatic carbocycles. The van der Waals surface area contributed by atoms with Gasteiger partial charge in [0, 0.05) is 12.8 Å². The van der Waals surface area contributed by atoms with Crippen molar-refractivity contribution >= 4 is 17.3 Å². The van der Waals surface area contributed by atoms with Crippen molar-refractivity contribution in [2.24, 2.45) is 0 Å². The van der Waals surface area contributed by atoms with Gasteiger partial charge in [0.25, 0.3) is 0 Å². The van der Waals surface area contributed by atoms with Crippen LogP contribution >= 0.6 is 0 Å². The standard InChI is InChI=1S/C7H11N5.C2H6/c1-4(8)5-6(9)11-3-12-7(5)10-2;1-2/h3,8H,1-2H3,(H3,9,10,11,12);1-2H3. The average Bonchev–Trinajstić information content (AvgIpc) is 2.19. The van der Waals surface area contributed by atoms with Crippen molar-refractivity contribution in [3.63, 3.8) is 0 Å². The van der Waals surface area contributed by atoms with Gasteiger partial charge in [0.1, 0.15) is 18.0 Å². The second-order valence-electron chi connectivity index (χ2n) is 2.36. The second kappa shape index (κ2) is 5.90. The normalized spacial score (nSPS) is 8.57. The lowest BCUT2D eigenvalue weighted by atomic mass is 10.2. The van der Waals surface area contributed by atoms with Crippen molar-refractivity contribution in [2.45, 2.75) is 20.8 Å². The van der Waals surface area contributed by atoms with Crippen LogP contribution in [0.15, 0.2) is 6.33 Å². The zero-order valence-electron chi connectivity index (χ0n) is 9.05. The van der Waals surface area contributed by atoms with E-state index in [0.29, 0.717) is 22.9 Å². The molecule has 0 radical (unpaired) electrons. The molecule has 0 saturated carbocycles. The Bertz CT molecular complexity index is 308. The SMILES string of the molecule is CC.CNc1ncnc(N)c1C(C)=N. The molecule has 5 nitrogen and oxygen atoms in total. The summed E-state index contributed by atoms with van der Waals surface area (Å²) in [6.45, 7) is 5.65. The van der Waals surface area contributed by atoms with Gasteiger partial charge < -0.3 is 16.5 Å². The van der Waals surface area contributed by atoms with E-state index >= 15 is 0 Å². The first-order valence-electron chi connectivity index (χ1n) is 4.50. The van der Waals surface area contributed by atoms with Crippen LogP contribution in [-0.4, -0.2) is 22.7 Å².